The molecule has 0 radical (unpaired) electrons. The Kier molecular flexibility index (Phi) is 10.4. The third-order valence-corrected chi connectivity index (χ3v) is 8.45. The summed E-state index contributed by atoms with van der Waals surface area (Å²) in [6, 6.07) is 0. The minimum atomic E-state index is -2.77. The van der Waals surface area contributed by atoms with Crippen LogP contribution >= 0.6 is 0 Å². The van der Waals surface area contributed by atoms with Gasteiger partial charge in [-0.2, -0.15) is 0 Å². The lowest BCUT2D eigenvalue weighted by Gasteiger charge is -2.40. The van der Waals surface area contributed by atoms with E-state index in [2.05, 4.69) is 0 Å². The predicted molar refractivity (Wildman–Crippen MR) is 94.9 cm³/mol. The highest BCUT2D eigenvalue weighted by Crippen LogP contribution is 2.37. The van der Waals surface area contributed by atoms with E-state index in [9.17, 15) is 9.59 Å². The van der Waals surface area contributed by atoms with E-state index in [1.807, 2.05) is 34.6 Å². The summed E-state index contributed by atoms with van der Waals surface area (Å²) >= 11 is 0. The Bertz CT molecular complexity index is 389. The van der Waals surface area contributed by atoms with E-state index < -0.39 is 20.6 Å². The second-order valence-corrected chi connectivity index (χ2v) is 10.7. The quantitative estimate of drug-likeness (QED) is 0.413. The summed E-state index contributed by atoms with van der Waals surface area (Å²) in [5.41, 5.74) is 0.220. The summed E-state index contributed by atoms with van der Waals surface area (Å²) < 4.78 is 22.5. The minimum absolute atomic E-state index is 0.110. The number of carbonyl (C=O) groups excluding carboxylic acids is 2. The smallest absolute Gasteiger partial charge is 0.344 e. The lowest BCUT2D eigenvalue weighted by molar-refractivity contribution is -0.153. The predicted octanol–water partition coefficient (Wildman–Crippen LogP) is 3.58. The Labute approximate surface area is 147 Å². The molecule has 142 valence electrons. The topological polar surface area (TPSA) is 71.1 Å². The monoisotopic (exact) mass is 362 g/mol. The molecule has 0 heterocycles. The molecule has 6 nitrogen and oxygen atoms in total. The maximum Gasteiger partial charge on any atom is 0.344 e. The van der Waals surface area contributed by atoms with Gasteiger partial charge >= 0.3 is 20.5 Å². The van der Waals surface area contributed by atoms with Gasteiger partial charge < -0.3 is 18.3 Å². The summed E-state index contributed by atoms with van der Waals surface area (Å²) in [7, 11) is -2.77. The molecule has 0 N–H and O–H groups in total. The van der Waals surface area contributed by atoms with Crippen LogP contribution in [0.1, 0.15) is 61.8 Å². The summed E-state index contributed by atoms with van der Waals surface area (Å²) in [5.74, 6) is -0.684. The van der Waals surface area contributed by atoms with E-state index in [1.165, 1.54) is 0 Å². The normalized spacial score (nSPS) is 14.6. The van der Waals surface area contributed by atoms with Crippen LogP contribution in [0.5, 0.6) is 0 Å². The molecule has 0 aliphatic heterocycles. The number of ether oxygens (including phenoxy) is 2. The van der Waals surface area contributed by atoms with Crippen LogP contribution in [0, 0.1) is 0 Å². The summed E-state index contributed by atoms with van der Waals surface area (Å²) in [6.07, 6.45) is -0.870. The molecular formula is C17H34O6Si. The zero-order valence-electron chi connectivity index (χ0n) is 16.4. The highest BCUT2D eigenvalue weighted by molar-refractivity contribution is 6.70. The van der Waals surface area contributed by atoms with E-state index in [1.54, 1.807) is 20.8 Å². The molecule has 0 saturated heterocycles. The Morgan fingerprint density at radius 1 is 0.833 bits per heavy atom. The van der Waals surface area contributed by atoms with Gasteiger partial charge in [-0.1, -0.05) is 27.7 Å². The molecule has 7 heteroatoms. The first-order valence-electron chi connectivity index (χ1n) is 8.78. The van der Waals surface area contributed by atoms with Crippen molar-refractivity contribution in [2.45, 2.75) is 85.1 Å². The first kappa shape index (κ1) is 23.1. The van der Waals surface area contributed by atoms with Crippen molar-refractivity contribution in [1.29, 1.82) is 0 Å². The second-order valence-electron chi connectivity index (χ2n) is 6.48. The van der Waals surface area contributed by atoms with Crippen molar-refractivity contribution in [1.82, 2.24) is 0 Å². The van der Waals surface area contributed by atoms with Crippen molar-refractivity contribution in [3.05, 3.63) is 0 Å². The van der Waals surface area contributed by atoms with Crippen molar-refractivity contribution in [2.24, 2.45) is 0 Å². The maximum atomic E-state index is 12.0. The zero-order chi connectivity index (χ0) is 18.9. The highest BCUT2D eigenvalue weighted by atomic mass is 28.4. The first-order valence-corrected chi connectivity index (χ1v) is 10.8. The largest absolute Gasteiger partial charge is 0.466 e. The fourth-order valence-corrected chi connectivity index (χ4v) is 6.47. The third kappa shape index (κ3) is 6.90. The summed E-state index contributed by atoms with van der Waals surface area (Å²) in [5, 5.41) is 0. The standard InChI is InChI=1S/C17H34O6Si/c1-9-20-16(18)11-14(7)22-24(12(3)4,13(5)6)23-15(8)17(19)21-10-2/h12-15H,9-11H2,1-8H3/t14?,15-/m0/s1. The van der Waals surface area contributed by atoms with Crippen molar-refractivity contribution in [3.63, 3.8) is 0 Å². The molecule has 0 amide bonds. The zero-order valence-corrected chi connectivity index (χ0v) is 17.4. The van der Waals surface area contributed by atoms with Crippen LogP contribution in [-0.2, 0) is 27.9 Å². The van der Waals surface area contributed by atoms with Crippen LogP contribution in [0.4, 0.5) is 0 Å². The van der Waals surface area contributed by atoms with Crippen molar-refractivity contribution >= 4 is 20.5 Å². The second kappa shape index (κ2) is 10.8. The highest BCUT2D eigenvalue weighted by Gasteiger charge is 2.48. The number of hydrogen-bond donors (Lipinski definition) is 0. The molecule has 0 fully saturated rings. The molecule has 24 heavy (non-hydrogen) atoms. The van der Waals surface area contributed by atoms with E-state index >= 15 is 0 Å². The van der Waals surface area contributed by atoms with Gasteiger partial charge in [0, 0.05) is 0 Å². The van der Waals surface area contributed by atoms with Gasteiger partial charge in [0.1, 0.15) is 6.10 Å². The van der Waals surface area contributed by atoms with Gasteiger partial charge in [-0.05, 0) is 38.8 Å². The lowest BCUT2D eigenvalue weighted by Crippen LogP contribution is -2.53. The van der Waals surface area contributed by atoms with Crippen molar-refractivity contribution in [2.75, 3.05) is 13.2 Å². The van der Waals surface area contributed by atoms with Gasteiger partial charge in [0.25, 0.3) is 0 Å². The molecule has 0 bridgehead atoms. The van der Waals surface area contributed by atoms with Crippen LogP contribution < -0.4 is 0 Å². The SMILES string of the molecule is CCOC(=O)CC(C)O[Si](O[C@@H](C)C(=O)OCC)(C(C)C)C(C)C. The number of hydrogen-bond acceptors (Lipinski definition) is 6. The Hall–Kier alpha value is -0.923. The molecule has 1 unspecified atom stereocenters. The molecule has 0 aliphatic carbocycles. The van der Waals surface area contributed by atoms with Crippen LogP contribution in [0.3, 0.4) is 0 Å². The maximum absolute atomic E-state index is 12.0. The fraction of sp³-hybridized carbons (Fsp3) is 0.882. The molecule has 0 saturated carbocycles. The van der Waals surface area contributed by atoms with E-state index in [0.717, 1.165) is 0 Å². The van der Waals surface area contributed by atoms with Gasteiger partial charge in [-0.15, -0.1) is 0 Å². The van der Waals surface area contributed by atoms with Gasteiger partial charge in [-0.25, -0.2) is 4.79 Å². The van der Waals surface area contributed by atoms with Gasteiger partial charge in [0.05, 0.1) is 25.7 Å². The molecule has 0 aliphatic rings. The van der Waals surface area contributed by atoms with E-state index in [-0.39, 0.29) is 29.6 Å². The molecule has 0 aromatic carbocycles. The van der Waals surface area contributed by atoms with Crippen LogP contribution in [0.2, 0.25) is 11.1 Å². The van der Waals surface area contributed by atoms with Crippen LogP contribution in [0.25, 0.3) is 0 Å². The molecule has 0 aromatic rings. The van der Waals surface area contributed by atoms with E-state index in [4.69, 9.17) is 18.3 Å². The van der Waals surface area contributed by atoms with E-state index in [0.29, 0.717) is 13.2 Å². The fourth-order valence-electron chi connectivity index (χ4n) is 2.63. The van der Waals surface area contributed by atoms with Gasteiger partial charge in [0.2, 0.25) is 0 Å². The van der Waals surface area contributed by atoms with Crippen molar-refractivity contribution in [3.8, 4) is 0 Å². The average molecular weight is 363 g/mol. The summed E-state index contributed by atoms with van der Waals surface area (Å²) in [6.45, 7) is 15.8. The molecule has 0 rings (SSSR count). The third-order valence-electron chi connectivity index (χ3n) is 3.73. The summed E-state index contributed by atoms with van der Waals surface area (Å²) in [4.78, 5) is 23.7. The molecular weight excluding hydrogens is 328 g/mol. The van der Waals surface area contributed by atoms with Crippen LogP contribution in [-0.4, -0.2) is 45.9 Å². The molecule has 0 aromatic heterocycles. The minimum Gasteiger partial charge on any atom is -0.466 e. The number of carbonyl (C=O) groups is 2. The average Bonchev–Trinajstić information content (AvgIpc) is 2.45. The van der Waals surface area contributed by atoms with Gasteiger partial charge in [-0.3, -0.25) is 4.79 Å². The Balaban J connectivity index is 5.21. The molecule has 2 atom stereocenters. The Morgan fingerprint density at radius 2 is 1.33 bits per heavy atom. The number of esters is 2. The van der Waals surface area contributed by atoms with Gasteiger partial charge in [0.15, 0.2) is 0 Å². The molecule has 0 spiro atoms. The Morgan fingerprint density at radius 3 is 1.75 bits per heavy atom. The number of rotatable bonds is 11. The van der Waals surface area contributed by atoms with Crippen LogP contribution in [0.15, 0.2) is 0 Å². The first-order chi connectivity index (χ1) is 11.1. The van der Waals surface area contributed by atoms with Crippen molar-refractivity contribution < 1.29 is 27.9 Å². The lowest BCUT2D eigenvalue weighted by atomic mass is 10.3.